The van der Waals surface area contributed by atoms with Crippen molar-refractivity contribution in [3.8, 4) is 11.5 Å². The molecular formula is C51H36F52O2S4. The third-order valence-corrected chi connectivity index (χ3v) is 18.6. The van der Waals surface area contributed by atoms with Crippen LogP contribution in [0.3, 0.4) is 0 Å². The minimum atomic E-state index is -8.43. The zero-order valence-corrected chi connectivity index (χ0v) is 54.9. The minimum absolute atomic E-state index is 0.278. The van der Waals surface area contributed by atoms with Crippen LogP contribution < -0.4 is 9.47 Å². The quantitative estimate of drug-likeness (QED) is 0.0373. The summed E-state index contributed by atoms with van der Waals surface area (Å²) < 4.78 is 725. The topological polar surface area (TPSA) is 18.5 Å². The summed E-state index contributed by atoms with van der Waals surface area (Å²) in [7, 11) is 0. The molecule has 0 spiro atoms. The molecule has 0 unspecified atom stereocenters. The molecule has 0 aromatic heterocycles. The SMILES string of the molecule is Cc1cc(CSCCC(F)(F)C(F)(F)C(F)(F)C(F)(F)C(F)(F)C(F)(F)F)cc(CSCCC(F)(F)C(F)(F)C(F)(F)C(F)(F)C(F)(F)C(F)(F)F)c1OCOc1c(C)cc(CSCCC(F)(F)C(F)(F)C(F)(F)C(F)(F)C(F)(F)C(F)(F)F)cc1CSCCC(F)(F)C(F)(F)C(F)(F)C(F)(F)C(F)(F)C(F)(F)F. The van der Waals surface area contributed by atoms with Crippen LogP contribution in [-0.4, -0.2) is 173 Å². The maximum absolute atomic E-state index is 14.7. The van der Waals surface area contributed by atoms with Crippen molar-refractivity contribution in [3.05, 3.63) is 57.6 Å². The summed E-state index contributed by atoms with van der Waals surface area (Å²) in [5.41, 5.74) is -4.14. The highest BCUT2D eigenvalue weighted by Crippen LogP contribution is 2.66. The van der Waals surface area contributed by atoms with Crippen molar-refractivity contribution in [2.24, 2.45) is 0 Å². The Morgan fingerprint density at radius 2 is 0.385 bits per heavy atom. The molecule has 0 atom stereocenters. The number of benzene rings is 2. The maximum Gasteiger partial charge on any atom is 0.460 e. The molecule has 0 bridgehead atoms. The van der Waals surface area contributed by atoms with Gasteiger partial charge in [0, 0.05) is 59.8 Å². The summed E-state index contributed by atoms with van der Waals surface area (Å²) in [4.78, 5) is 0. The van der Waals surface area contributed by atoms with Crippen LogP contribution in [0.5, 0.6) is 11.5 Å². The molecule has 0 aliphatic carbocycles. The second-order valence-corrected chi connectivity index (χ2v) is 26.8. The smallest absolute Gasteiger partial charge is 0.457 e. The molecule has 0 aliphatic rings. The van der Waals surface area contributed by atoms with E-state index in [0.29, 0.717) is 24.3 Å². The van der Waals surface area contributed by atoms with Crippen molar-refractivity contribution in [3.63, 3.8) is 0 Å². The van der Waals surface area contributed by atoms with Gasteiger partial charge in [0.15, 0.2) is 0 Å². The van der Waals surface area contributed by atoms with Crippen LogP contribution in [0.1, 0.15) is 59.1 Å². The molecule has 0 fully saturated rings. The van der Waals surface area contributed by atoms with Gasteiger partial charge in [0.05, 0.1) is 0 Å². The predicted molar refractivity (Wildman–Crippen MR) is 275 cm³/mol. The van der Waals surface area contributed by atoms with E-state index in [9.17, 15) is 228 Å². The molecule has 0 N–H and O–H groups in total. The van der Waals surface area contributed by atoms with E-state index in [2.05, 4.69) is 0 Å². The third-order valence-electron chi connectivity index (χ3n) is 14.5. The van der Waals surface area contributed by atoms with E-state index in [1.807, 2.05) is 0 Å². The van der Waals surface area contributed by atoms with Crippen LogP contribution in [0, 0.1) is 13.8 Å². The summed E-state index contributed by atoms with van der Waals surface area (Å²) in [5, 5.41) is 0. The van der Waals surface area contributed by atoms with E-state index in [0.717, 1.165) is 13.8 Å². The van der Waals surface area contributed by atoms with Crippen LogP contribution in [0.4, 0.5) is 228 Å². The van der Waals surface area contributed by atoms with Crippen molar-refractivity contribution < 1.29 is 238 Å². The van der Waals surface area contributed by atoms with E-state index in [1.54, 1.807) is 0 Å². The standard InChI is InChI=1S/C51H36F52O2S4/c1-20-11-22(15-106-7-3-28(52,53)32(60,61)36(68,69)40(76,77)44(84,85)48(92,93)94)13-24(17-108-9-5-30(56,57)34(64,65)38(72,73)42(80,81)46(88,89)50(98,99)100)26(20)104-19-105-27-21(2)12-23(16-107-8-4-29(54,55)33(62,63)37(70,71)41(78,79)45(86,87)49(95,96)97)14-25(27)18-109-10-6-31(58,59)35(66,67)39(74,75)43(82,83)47(90,91)51(101,102)103/h11-14H,3-10,15-19H2,1-2H3. The van der Waals surface area contributed by atoms with Gasteiger partial charge in [-0.15, -0.1) is 0 Å². The third kappa shape index (κ3) is 17.8. The van der Waals surface area contributed by atoms with Crippen molar-refractivity contribution in [1.29, 1.82) is 0 Å². The second kappa shape index (κ2) is 31.4. The Hall–Kier alpha value is -4.20. The summed E-state index contributed by atoms with van der Waals surface area (Å²) in [6.07, 6.45) is -43.3. The number of hydrogen-bond donors (Lipinski definition) is 0. The molecule has 2 rings (SSSR count). The number of thioether (sulfide) groups is 4. The Morgan fingerprint density at radius 1 is 0.220 bits per heavy atom. The number of halogens is 52. The average molecular weight is 1800 g/mol. The lowest BCUT2D eigenvalue weighted by atomic mass is 9.93. The normalized spacial score (nSPS) is 15.7. The van der Waals surface area contributed by atoms with Crippen molar-refractivity contribution in [2.75, 3.05) is 29.8 Å². The minimum Gasteiger partial charge on any atom is -0.457 e. The Kier molecular flexibility index (Phi) is 29.1. The molecule has 0 heterocycles. The highest BCUT2D eigenvalue weighted by atomic mass is 32.2. The van der Waals surface area contributed by atoms with Crippen LogP contribution in [0.2, 0.25) is 0 Å². The van der Waals surface area contributed by atoms with Gasteiger partial charge in [-0.05, 0) is 59.1 Å². The zero-order valence-electron chi connectivity index (χ0n) is 51.6. The highest BCUT2D eigenvalue weighted by molar-refractivity contribution is 7.99. The lowest BCUT2D eigenvalue weighted by Crippen LogP contribution is -2.70. The van der Waals surface area contributed by atoms with Crippen molar-refractivity contribution >= 4 is 47.0 Å². The molecule has 2 nitrogen and oxygen atoms in total. The van der Waals surface area contributed by atoms with Gasteiger partial charge in [0.25, 0.3) is 0 Å². The first-order chi connectivity index (χ1) is 47.6. The number of hydrogen-bond acceptors (Lipinski definition) is 6. The van der Waals surface area contributed by atoms with Gasteiger partial charge in [-0.25, -0.2) is 0 Å². The Balaban J connectivity index is 2.81. The van der Waals surface area contributed by atoms with Crippen LogP contribution >= 0.6 is 47.0 Å². The lowest BCUT2D eigenvalue weighted by Gasteiger charge is -2.39. The van der Waals surface area contributed by atoms with Gasteiger partial charge >= 0.3 is 143 Å². The second-order valence-electron chi connectivity index (χ2n) is 22.4. The Labute approximate surface area is 588 Å². The number of rotatable bonds is 40. The molecular weight excluding hydrogens is 1760 g/mol. The van der Waals surface area contributed by atoms with Gasteiger partial charge < -0.3 is 9.47 Å². The molecule has 0 radical (unpaired) electrons. The zero-order chi connectivity index (χ0) is 86.9. The highest BCUT2D eigenvalue weighted by Gasteiger charge is 2.95. The first kappa shape index (κ1) is 101. The molecule has 2 aromatic carbocycles. The summed E-state index contributed by atoms with van der Waals surface area (Å²) in [5.74, 6) is -173. The monoisotopic (exact) mass is 1800 g/mol. The van der Waals surface area contributed by atoms with E-state index >= 15 is 0 Å². The fourth-order valence-electron chi connectivity index (χ4n) is 8.18. The largest absolute Gasteiger partial charge is 0.460 e. The van der Waals surface area contributed by atoms with Crippen molar-refractivity contribution in [2.45, 2.75) is 206 Å². The first-order valence-corrected chi connectivity index (χ1v) is 31.9. The summed E-state index contributed by atoms with van der Waals surface area (Å²) in [6, 6.07) is 2.28. The Morgan fingerprint density at radius 3 is 0.560 bits per heavy atom. The summed E-state index contributed by atoms with van der Waals surface area (Å²) >= 11 is -1.34. The molecule has 109 heavy (non-hydrogen) atoms. The van der Waals surface area contributed by atoms with E-state index < -0.39 is 267 Å². The molecule has 0 saturated carbocycles. The maximum atomic E-state index is 14.7. The average Bonchev–Trinajstić information content (AvgIpc) is 0.729. The van der Waals surface area contributed by atoms with Crippen LogP contribution in [-0.2, 0) is 23.0 Å². The number of alkyl halides is 52. The van der Waals surface area contributed by atoms with Gasteiger partial charge in [0.2, 0.25) is 6.79 Å². The number of aryl methyl sites for hydroxylation is 2. The predicted octanol–water partition coefficient (Wildman–Crippen LogP) is 25.2. The van der Waals surface area contributed by atoms with E-state index in [-0.39, 0.29) is 47.0 Å². The summed E-state index contributed by atoms with van der Waals surface area (Å²) in [6.45, 7) is -0.155. The number of ether oxygens (including phenoxy) is 2. The molecule has 0 amide bonds. The van der Waals surface area contributed by atoms with Crippen molar-refractivity contribution in [1.82, 2.24) is 0 Å². The molecule has 2 aromatic rings. The lowest BCUT2D eigenvalue weighted by molar-refractivity contribution is -0.439. The van der Waals surface area contributed by atoms with Gasteiger partial charge in [-0.2, -0.15) is 275 Å². The molecule has 0 saturated heterocycles. The van der Waals surface area contributed by atoms with E-state index in [1.165, 1.54) is 0 Å². The molecule has 58 heteroatoms. The fourth-order valence-corrected chi connectivity index (χ4v) is 12.0. The first-order valence-electron chi connectivity index (χ1n) is 27.3. The van der Waals surface area contributed by atoms with Gasteiger partial charge in [-0.1, -0.05) is 24.3 Å². The molecule has 640 valence electrons. The van der Waals surface area contributed by atoms with Gasteiger partial charge in [-0.3, -0.25) is 0 Å². The van der Waals surface area contributed by atoms with Crippen LogP contribution in [0.15, 0.2) is 24.3 Å². The fraction of sp³-hybridized carbons (Fsp3) is 0.765. The molecule has 0 aliphatic heterocycles. The Bertz CT molecular complexity index is 3160. The van der Waals surface area contributed by atoms with Crippen LogP contribution in [0.25, 0.3) is 0 Å². The van der Waals surface area contributed by atoms with Gasteiger partial charge in [0.1, 0.15) is 11.5 Å². The van der Waals surface area contributed by atoms with E-state index in [4.69, 9.17) is 9.47 Å².